The van der Waals surface area contributed by atoms with E-state index in [1.54, 1.807) is 7.11 Å². The summed E-state index contributed by atoms with van der Waals surface area (Å²) in [4.78, 5) is 4.79. The van der Waals surface area contributed by atoms with Crippen LogP contribution in [0.4, 0.5) is 0 Å². The lowest BCUT2D eigenvalue weighted by atomic mass is 9.89. The quantitative estimate of drug-likeness (QED) is 0.742. The highest BCUT2D eigenvalue weighted by Crippen LogP contribution is 2.24. The maximum atomic E-state index is 5.34. The van der Waals surface area contributed by atoms with E-state index in [2.05, 4.69) is 66.4 Å². The van der Waals surface area contributed by atoms with Crippen LogP contribution < -0.4 is 4.74 Å². The second-order valence-corrected chi connectivity index (χ2v) is 7.83. The summed E-state index contributed by atoms with van der Waals surface area (Å²) >= 11 is 0. The molecule has 1 aliphatic rings. The van der Waals surface area contributed by atoms with Gasteiger partial charge in [0.25, 0.3) is 0 Å². The molecule has 0 aliphatic carbocycles. The standard InChI is InChI=1S/C23H32N2O/c1-24(2)17-21-9-7-19(8-10-21)15-20-11-13-25(14-12-20)18-22-5-4-6-23(16-22)26-3/h4-10,16,20H,11-15,17-18H2,1-3H3. The van der Waals surface area contributed by atoms with Gasteiger partial charge in [0.05, 0.1) is 7.11 Å². The fourth-order valence-electron chi connectivity index (χ4n) is 3.86. The summed E-state index contributed by atoms with van der Waals surface area (Å²) in [6, 6.07) is 17.7. The van der Waals surface area contributed by atoms with E-state index in [-0.39, 0.29) is 0 Å². The fraction of sp³-hybridized carbons (Fsp3) is 0.478. The first-order chi connectivity index (χ1) is 12.6. The average molecular weight is 353 g/mol. The number of likely N-dealkylation sites (tertiary alicyclic amines) is 1. The van der Waals surface area contributed by atoms with Crippen molar-refractivity contribution in [2.24, 2.45) is 5.92 Å². The average Bonchev–Trinajstić information content (AvgIpc) is 2.65. The molecule has 0 bridgehead atoms. The Morgan fingerprint density at radius 1 is 0.962 bits per heavy atom. The lowest BCUT2D eigenvalue weighted by molar-refractivity contribution is 0.177. The lowest BCUT2D eigenvalue weighted by Crippen LogP contribution is -2.33. The van der Waals surface area contributed by atoms with Gasteiger partial charge in [0.2, 0.25) is 0 Å². The molecule has 1 aliphatic heterocycles. The van der Waals surface area contributed by atoms with E-state index in [4.69, 9.17) is 4.74 Å². The van der Waals surface area contributed by atoms with Crippen molar-refractivity contribution < 1.29 is 4.74 Å². The van der Waals surface area contributed by atoms with E-state index in [0.717, 1.165) is 24.8 Å². The summed E-state index contributed by atoms with van der Waals surface area (Å²) in [6.07, 6.45) is 3.81. The van der Waals surface area contributed by atoms with Gasteiger partial charge in [0.15, 0.2) is 0 Å². The van der Waals surface area contributed by atoms with E-state index >= 15 is 0 Å². The monoisotopic (exact) mass is 352 g/mol. The Labute approximate surface area is 158 Å². The van der Waals surface area contributed by atoms with Crippen LogP contribution in [0.3, 0.4) is 0 Å². The van der Waals surface area contributed by atoms with Crippen LogP contribution in [0.2, 0.25) is 0 Å². The fourth-order valence-corrected chi connectivity index (χ4v) is 3.86. The number of piperidine rings is 1. The maximum absolute atomic E-state index is 5.34. The van der Waals surface area contributed by atoms with Gasteiger partial charge in [-0.25, -0.2) is 0 Å². The predicted molar refractivity (Wildman–Crippen MR) is 109 cm³/mol. The van der Waals surface area contributed by atoms with Crippen molar-refractivity contribution in [2.75, 3.05) is 34.3 Å². The Morgan fingerprint density at radius 3 is 2.31 bits per heavy atom. The Kier molecular flexibility index (Phi) is 6.70. The summed E-state index contributed by atoms with van der Waals surface area (Å²) in [7, 11) is 5.97. The van der Waals surface area contributed by atoms with E-state index in [0.29, 0.717) is 0 Å². The molecule has 140 valence electrons. The van der Waals surface area contributed by atoms with Gasteiger partial charge < -0.3 is 9.64 Å². The number of ether oxygens (including phenoxy) is 1. The van der Waals surface area contributed by atoms with Crippen LogP contribution in [-0.4, -0.2) is 44.1 Å². The second-order valence-electron chi connectivity index (χ2n) is 7.83. The molecule has 0 spiro atoms. The third-order valence-electron chi connectivity index (χ3n) is 5.29. The lowest BCUT2D eigenvalue weighted by Gasteiger charge is -2.32. The van der Waals surface area contributed by atoms with Crippen molar-refractivity contribution in [3.8, 4) is 5.75 Å². The van der Waals surface area contributed by atoms with Gasteiger partial charge in [-0.05, 0) is 81.2 Å². The molecule has 0 amide bonds. The van der Waals surface area contributed by atoms with Gasteiger partial charge >= 0.3 is 0 Å². The number of hydrogen-bond donors (Lipinski definition) is 0. The van der Waals surface area contributed by atoms with Crippen LogP contribution in [0.5, 0.6) is 5.75 Å². The first-order valence-electron chi connectivity index (χ1n) is 9.70. The van der Waals surface area contributed by atoms with Crippen LogP contribution in [-0.2, 0) is 19.5 Å². The van der Waals surface area contributed by atoms with Crippen molar-refractivity contribution in [1.82, 2.24) is 9.80 Å². The van der Waals surface area contributed by atoms with Crippen LogP contribution in [0.25, 0.3) is 0 Å². The SMILES string of the molecule is COc1cccc(CN2CCC(Cc3ccc(CN(C)C)cc3)CC2)c1. The highest BCUT2D eigenvalue weighted by molar-refractivity contribution is 5.28. The Hall–Kier alpha value is -1.84. The zero-order valence-corrected chi connectivity index (χ0v) is 16.4. The summed E-state index contributed by atoms with van der Waals surface area (Å²) in [5.74, 6) is 1.77. The minimum absolute atomic E-state index is 0.816. The third kappa shape index (κ3) is 5.58. The molecule has 1 heterocycles. The first kappa shape index (κ1) is 18.9. The molecular formula is C23H32N2O. The van der Waals surface area contributed by atoms with Crippen LogP contribution in [0, 0.1) is 5.92 Å². The Morgan fingerprint density at radius 2 is 1.65 bits per heavy atom. The van der Waals surface area contributed by atoms with Gasteiger partial charge in [-0.2, -0.15) is 0 Å². The van der Waals surface area contributed by atoms with E-state index < -0.39 is 0 Å². The van der Waals surface area contributed by atoms with Crippen molar-refractivity contribution in [3.05, 3.63) is 65.2 Å². The van der Waals surface area contributed by atoms with Gasteiger partial charge in [-0.3, -0.25) is 4.90 Å². The van der Waals surface area contributed by atoms with Crippen molar-refractivity contribution >= 4 is 0 Å². The zero-order chi connectivity index (χ0) is 18.4. The molecule has 1 fully saturated rings. The molecule has 3 rings (SSSR count). The Bertz CT molecular complexity index is 673. The molecule has 0 unspecified atom stereocenters. The van der Waals surface area contributed by atoms with Crippen molar-refractivity contribution in [1.29, 1.82) is 0 Å². The minimum atomic E-state index is 0.816. The van der Waals surface area contributed by atoms with Crippen molar-refractivity contribution in [2.45, 2.75) is 32.4 Å². The number of hydrogen-bond acceptors (Lipinski definition) is 3. The highest BCUT2D eigenvalue weighted by atomic mass is 16.5. The predicted octanol–water partition coefficient (Wildman–Crippen LogP) is 4.21. The molecular weight excluding hydrogens is 320 g/mol. The topological polar surface area (TPSA) is 15.7 Å². The number of nitrogens with zero attached hydrogens (tertiary/aromatic N) is 2. The third-order valence-corrected chi connectivity index (χ3v) is 5.29. The van der Waals surface area contributed by atoms with Crippen LogP contribution in [0.1, 0.15) is 29.5 Å². The molecule has 3 nitrogen and oxygen atoms in total. The Balaban J connectivity index is 1.46. The minimum Gasteiger partial charge on any atom is -0.497 e. The van der Waals surface area contributed by atoms with E-state index in [1.807, 2.05) is 6.07 Å². The van der Waals surface area contributed by atoms with Gasteiger partial charge in [-0.15, -0.1) is 0 Å². The summed E-state index contributed by atoms with van der Waals surface area (Å²) < 4.78 is 5.34. The smallest absolute Gasteiger partial charge is 0.119 e. The van der Waals surface area contributed by atoms with Gasteiger partial charge in [0, 0.05) is 13.1 Å². The van der Waals surface area contributed by atoms with E-state index in [9.17, 15) is 0 Å². The molecule has 1 saturated heterocycles. The molecule has 0 atom stereocenters. The number of methoxy groups -OCH3 is 1. The molecule has 3 heteroatoms. The number of benzene rings is 2. The summed E-state index contributed by atoms with van der Waals surface area (Å²) in [6.45, 7) is 4.44. The second kappa shape index (κ2) is 9.20. The van der Waals surface area contributed by atoms with Crippen molar-refractivity contribution in [3.63, 3.8) is 0 Å². The van der Waals surface area contributed by atoms with Crippen LogP contribution >= 0.6 is 0 Å². The molecule has 0 aromatic heterocycles. The molecule has 0 N–H and O–H groups in total. The van der Waals surface area contributed by atoms with Crippen LogP contribution in [0.15, 0.2) is 48.5 Å². The molecule has 2 aromatic carbocycles. The highest BCUT2D eigenvalue weighted by Gasteiger charge is 2.19. The normalized spacial score (nSPS) is 16.2. The summed E-state index contributed by atoms with van der Waals surface area (Å²) in [5.41, 5.74) is 4.23. The molecule has 0 radical (unpaired) electrons. The summed E-state index contributed by atoms with van der Waals surface area (Å²) in [5, 5.41) is 0. The van der Waals surface area contributed by atoms with Gasteiger partial charge in [-0.1, -0.05) is 36.4 Å². The maximum Gasteiger partial charge on any atom is 0.119 e. The first-order valence-corrected chi connectivity index (χ1v) is 9.70. The largest absolute Gasteiger partial charge is 0.497 e. The molecule has 2 aromatic rings. The molecule has 26 heavy (non-hydrogen) atoms. The molecule has 0 saturated carbocycles. The zero-order valence-electron chi connectivity index (χ0n) is 16.4. The van der Waals surface area contributed by atoms with E-state index in [1.165, 1.54) is 49.0 Å². The van der Waals surface area contributed by atoms with Gasteiger partial charge in [0.1, 0.15) is 5.75 Å². The number of rotatable bonds is 7.